The van der Waals surface area contributed by atoms with Crippen molar-refractivity contribution in [2.75, 3.05) is 11.9 Å². The number of alkyl halides is 3. The molecule has 1 amide bonds. The van der Waals surface area contributed by atoms with E-state index in [2.05, 4.69) is 9.72 Å². The van der Waals surface area contributed by atoms with Crippen LogP contribution in [0.15, 0.2) is 11.6 Å². The molecule has 0 aliphatic rings. The number of halogens is 3. The van der Waals surface area contributed by atoms with Crippen LogP contribution in [0.25, 0.3) is 0 Å². The second-order valence-electron chi connectivity index (χ2n) is 4.58. The minimum atomic E-state index is -5.12. The topological polar surface area (TPSA) is 80.3 Å². The van der Waals surface area contributed by atoms with Crippen molar-refractivity contribution in [3.63, 3.8) is 0 Å². The minimum absolute atomic E-state index is 0.132. The molecule has 0 spiro atoms. The first-order chi connectivity index (χ1) is 10.8. The van der Waals surface area contributed by atoms with Gasteiger partial charge in [0.15, 0.2) is 5.13 Å². The predicted molar refractivity (Wildman–Crippen MR) is 78.8 cm³/mol. The number of thiazole rings is 1. The van der Waals surface area contributed by atoms with E-state index in [1.54, 1.807) is 12.2 Å². The SMILES string of the molecule is CCCCC(=O)NC(Nc1nccs1)(C(=O)OCC)C(F)(F)F. The molecular weight excluding hydrogens is 335 g/mol. The summed E-state index contributed by atoms with van der Waals surface area (Å²) >= 11 is 0.865. The number of nitrogens with zero attached hydrogens (tertiary/aromatic N) is 1. The molecule has 6 nitrogen and oxygen atoms in total. The van der Waals surface area contributed by atoms with Crippen molar-refractivity contribution in [2.24, 2.45) is 0 Å². The third kappa shape index (κ3) is 4.81. The van der Waals surface area contributed by atoms with E-state index in [-0.39, 0.29) is 18.2 Å². The zero-order valence-electron chi connectivity index (χ0n) is 12.7. The number of anilines is 1. The number of nitrogens with one attached hydrogen (secondary N) is 2. The van der Waals surface area contributed by atoms with Gasteiger partial charge in [-0.2, -0.15) is 13.2 Å². The van der Waals surface area contributed by atoms with E-state index < -0.39 is 23.7 Å². The Labute approximate surface area is 135 Å². The van der Waals surface area contributed by atoms with Gasteiger partial charge in [0.1, 0.15) is 0 Å². The first kappa shape index (κ1) is 19.2. The van der Waals surface area contributed by atoms with Crippen molar-refractivity contribution >= 4 is 28.3 Å². The summed E-state index contributed by atoms with van der Waals surface area (Å²) < 4.78 is 45.4. The minimum Gasteiger partial charge on any atom is -0.463 e. The molecule has 0 fully saturated rings. The Bertz CT molecular complexity index is 522. The van der Waals surface area contributed by atoms with Crippen LogP contribution < -0.4 is 10.6 Å². The summed E-state index contributed by atoms with van der Waals surface area (Å²) in [6, 6.07) is 0. The lowest BCUT2D eigenvalue weighted by Crippen LogP contribution is -2.69. The summed E-state index contributed by atoms with van der Waals surface area (Å²) in [6.07, 6.45) is -2.94. The first-order valence-electron chi connectivity index (χ1n) is 6.99. The molecule has 0 aliphatic heterocycles. The Morgan fingerprint density at radius 3 is 2.52 bits per heavy atom. The van der Waals surface area contributed by atoms with Gasteiger partial charge in [0, 0.05) is 18.0 Å². The molecule has 0 aromatic carbocycles. The summed E-state index contributed by atoms with van der Waals surface area (Å²) in [7, 11) is 0. The van der Waals surface area contributed by atoms with E-state index in [0.29, 0.717) is 12.8 Å². The molecule has 0 radical (unpaired) electrons. The van der Waals surface area contributed by atoms with Gasteiger partial charge in [0.25, 0.3) is 0 Å². The number of carbonyl (C=O) groups is 2. The van der Waals surface area contributed by atoms with Crippen LogP contribution in [0.2, 0.25) is 0 Å². The average Bonchev–Trinajstić information content (AvgIpc) is 2.96. The van der Waals surface area contributed by atoms with E-state index in [0.717, 1.165) is 11.3 Å². The fourth-order valence-corrected chi connectivity index (χ4v) is 2.27. The molecule has 1 heterocycles. The number of rotatable bonds is 8. The molecule has 2 N–H and O–H groups in total. The Morgan fingerprint density at radius 1 is 1.35 bits per heavy atom. The van der Waals surface area contributed by atoms with Gasteiger partial charge in [-0.15, -0.1) is 11.3 Å². The van der Waals surface area contributed by atoms with E-state index in [1.165, 1.54) is 18.5 Å². The van der Waals surface area contributed by atoms with Crippen LogP contribution in [-0.2, 0) is 14.3 Å². The molecule has 1 aromatic heterocycles. The number of carbonyl (C=O) groups excluding carboxylic acids is 2. The van der Waals surface area contributed by atoms with Gasteiger partial charge in [0.2, 0.25) is 5.91 Å². The fraction of sp³-hybridized carbons (Fsp3) is 0.615. The molecule has 0 aliphatic carbocycles. The van der Waals surface area contributed by atoms with Crippen LogP contribution in [0, 0.1) is 0 Å². The van der Waals surface area contributed by atoms with Crippen molar-refractivity contribution in [1.82, 2.24) is 10.3 Å². The van der Waals surface area contributed by atoms with Crippen LogP contribution in [-0.4, -0.2) is 35.3 Å². The highest BCUT2D eigenvalue weighted by atomic mass is 32.1. The number of unbranched alkanes of at least 4 members (excludes halogenated alkanes) is 1. The average molecular weight is 353 g/mol. The number of hydrogen-bond donors (Lipinski definition) is 2. The number of esters is 1. The molecule has 23 heavy (non-hydrogen) atoms. The van der Waals surface area contributed by atoms with Gasteiger partial charge in [0.05, 0.1) is 6.61 Å². The first-order valence-corrected chi connectivity index (χ1v) is 7.87. The third-order valence-electron chi connectivity index (χ3n) is 2.82. The lowest BCUT2D eigenvalue weighted by atomic mass is 10.1. The van der Waals surface area contributed by atoms with Crippen LogP contribution in [0.5, 0.6) is 0 Å². The highest BCUT2D eigenvalue weighted by Crippen LogP contribution is 2.33. The van der Waals surface area contributed by atoms with Crippen LogP contribution in [0.3, 0.4) is 0 Å². The fourth-order valence-electron chi connectivity index (χ4n) is 1.68. The molecule has 10 heteroatoms. The van der Waals surface area contributed by atoms with Crippen molar-refractivity contribution in [1.29, 1.82) is 0 Å². The van der Waals surface area contributed by atoms with Crippen molar-refractivity contribution in [3.8, 4) is 0 Å². The molecule has 1 aromatic rings. The lowest BCUT2D eigenvalue weighted by Gasteiger charge is -2.34. The van der Waals surface area contributed by atoms with E-state index in [4.69, 9.17) is 0 Å². The molecule has 0 saturated heterocycles. The van der Waals surface area contributed by atoms with Gasteiger partial charge in [-0.3, -0.25) is 4.79 Å². The van der Waals surface area contributed by atoms with Crippen molar-refractivity contribution in [3.05, 3.63) is 11.6 Å². The van der Waals surface area contributed by atoms with Crippen LogP contribution in [0.4, 0.5) is 18.3 Å². The highest BCUT2D eigenvalue weighted by Gasteiger charge is 2.63. The maximum atomic E-state index is 13.6. The standard InChI is InChI=1S/C13H18F3N3O3S/c1-3-5-6-9(20)18-12(13(14,15)16,10(21)22-4-2)19-11-17-7-8-23-11/h7-8H,3-6H2,1-2H3,(H,17,19)(H,18,20). The number of hydrogen-bond acceptors (Lipinski definition) is 6. The lowest BCUT2D eigenvalue weighted by molar-refractivity contribution is -0.207. The third-order valence-corrected chi connectivity index (χ3v) is 3.51. The normalized spacial score (nSPS) is 14.0. The Kier molecular flexibility index (Phi) is 6.79. The summed E-state index contributed by atoms with van der Waals surface area (Å²) in [5.74, 6) is -2.53. The van der Waals surface area contributed by atoms with E-state index in [9.17, 15) is 22.8 Å². The van der Waals surface area contributed by atoms with E-state index >= 15 is 0 Å². The Morgan fingerprint density at radius 2 is 2.04 bits per heavy atom. The molecule has 0 saturated carbocycles. The van der Waals surface area contributed by atoms with Gasteiger partial charge in [-0.25, -0.2) is 9.78 Å². The number of amides is 1. The van der Waals surface area contributed by atoms with Crippen molar-refractivity contribution in [2.45, 2.75) is 44.9 Å². The second-order valence-corrected chi connectivity index (χ2v) is 5.48. The molecule has 1 rings (SSSR count). The van der Waals surface area contributed by atoms with Gasteiger partial charge < -0.3 is 15.4 Å². The Hall–Kier alpha value is -1.84. The van der Waals surface area contributed by atoms with Crippen LogP contribution >= 0.6 is 11.3 Å². The number of aromatic nitrogens is 1. The zero-order valence-corrected chi connectivity index (χ0v) is 13.5. The van der Waals surface area contributed by atoms with Crippen LogP contribution in [0.1, 0.15) is 33.1 Å². The zero-order chi connectivity index (χ0) is 17.5. The predicted octanol–water partition coefficient (Wildman–Crippen LogP) is 2.68. The number of ether oxygens (including phenoxy) is 1. The largest absolute Gasteiger partial charge is 0.463 e. The van der Waals surface area contributed by atoms with E-state index in [1.807, 2.05) is 5.32 Å². The maximum absolute atomic E-state index is 13.6. The molecule has 1 atom stereocenters. The van der Waals surface area contributed by atoms with Gasteiger partial charge in [-0.05, 0) is 13.3 Å². The smallest absolute Gasteiger partial charge is 0.442 e. The molecular formula is C13H18F3N3O3S. The van der Waals surface area contributed by atoms with Gasteiger partial charge in [-0.1, -0.05) is 13.3 Å². The Balaban J connectivity index is 3.17. The van der Waals surface area contributed by atoms with Crippen molar-refractivity contribution < 1.29 is 27.5 Å². The summed E-state index contributed by atoms with van der Waals surface area (Å²) in [5.41, 5.74) is -3.37. The summed E-state index contributed by atoms with van der Waals surface area (Å²) in [4.78, 5) is 27.5. The quantitative estimate of drug-likeness (QED) is 0.555. The summed E-state index contributed by atoms with van der Waals surface area (Å²) in [6.45, 7) is 2.91. The second kappa shape index (κ2) is 8.14. The molecule has 0 bridgehead atoms. The van der Waals surface area contributed by atoms with Gasteiger partial charge >= 0.3 is 17.8 Å². The maximum Gasteiger partial charge on any atom is 0.442 e. The summed E-state index contributed by atoms with van der Waals surface area (Å²) in [5, 5.41) is 5.00. The monoisotopic (exact) mass is 353 g/mol. The molecule has 1 unspecified atom stereocenters. The molecule has 130 valence electrons. The highest BCUT2D eigenvalue weighted by molar-refractivity contribution is 7.13.